The number of ether oxygens (including phenoxy) is 2. The molecule has 0 fully saturated rings. The Bertz CT molecular complexity index is 486. The molecule has 0 atom stereocenters. The Morgan fingerprint density at radius 1 is 1.10 bits per heavy atom. The van der Waals surface area contributed by atoms with Crippen molar-refractivity contribution in [2.45, 2.75) is 26.4 Å². The molecule has 5 heteroatoms. The zero-order chi connectivity index (χ0) is 15.2. The van der Waals surface area contributed by atoms with Gasteiger partial charge in [0.15, 0.2) is 11.5 Å². The molecule has 0 saturated heterocycles. The molecule has 0 spiro atoms. The molecule has 110 valence electrons. The van der Waals surface area contributed by atoms with Gasteiger partial charge in [-0.25, -0.2) is 4.79 Å². The first-order chi connectivity index (χ1) is 9.35. The van der Waals surface area contributed by atoms with E-state index in [4.69, 9.17) is 14.4 Å². The number of hydrogen-bond donors (Lipinski definition) is 0. The summed E-state index contributed by atoms with van der Waals surface area (Å²) in [5.41, 5.74) is 0.252. The molecule has 0 heterocycles. The molecule has 0 amide bonds. The fourth-order valence-corrected chi connectivity index (χ4v) is 1.31. The highest BCUT2D eigenvalue weighted by molar-refractivity contribution is 5.86. The molecule has 0 aliphatic carbocycles. The van der Waals surface area contributed by atoms with E-state index in [0.717, 1.165) is 5.56 Å². The summed E-state index contributed by atoms with van der Waals surface area (Å²) in [7, 11) is 3.12. The molecule has 0 aliphatic rings. The topological polar surface area (TPSA) is 54.0 Å². The second kappa shape index (κ2) is 6.96. The molecule has 0 aliphatic heterocycles. The van der Waals surface area contributed by atoms with Gasteiger partial charge in [-0.15, -0.1) is 0 Å². The van der Waals surface area contributed by atoms with Crippen LogP contribution in [0.4, 0.5) is 0 Å². The van der Waals surface area contributed by atoms with Crippen molar-refractivity contribution < 1.29 is 24.0 Å². The van der Waals surface area contributed by atoms with Gasteiger partial charge in [0, 0.05) is 6.08 Å². The lowest BCUT2D eigenvalue weighted by Crippen LogP contribution is -2.21. The van der Waals surface area contributed by atoms with Crippen molar-refractivity contribution in [3.8, 4) is 11.5 Å². The quantitative estimate of drug-likeness (QED) is 0.471. The van der Waals surface area contributed by atoms with Gasteiger partial charge in [0.25, 0.3) is 0 Å². The second-order valence-electron chi connectivity index (χ2n) is 5.05. The third-order valence-corrected chi connectivity index (χ3v) is 2.19. The fourth-order valence-electron chi connectivity index (χ4n) is 1.31. The maximum Gasteiger partial charge on any atom is 0.365 e. The van der Waals surface area contributed by atoms with Crippen LogP contribution in [0.2, 0.25) is 0 Å². The van der Waals surface area contributed by atoms with Crippen LogP contribution in [0.5, 0.6) is 11.5 Å². The second-order valence-corrected chi connectivity index (χ2v) is 5.05. The van der Waals surface area contributed by atoms with Crippen LogP contribution >= 0.6 is 0 Å². The molecule has 0 bridgehead atoms. The molecule has 1 rings (SSSR count). The van der Waals surface area contributed by atoms with E-state index in [-0.39, 0.29) is 0 Å². The highest BCUT2D eigenvalue weighted by Gasteiger charge is 2.13. The summed E-state index contributed by atoms with van der Waals surface area (Å²) in [6, 6.07) is 5.32. The van der Waals surface area contributed by atoms with Crippen LogP contribution in [0.1, 0.15) is 26.3 Å². The minimum Gasteiger partial charge on any atom is -0.493 e. The van der Waals surface area contributed by atoms with Gasteiger partial charge in [0.2, 0.25) is 0 Å². The van der Waals surface area contributed by atoms with Crippen LogP contribution in [-0.4, -0.2) is 25.8 Å². The number of hydrogen-bond acceptors (Lipinski definition) is 5. The van der Waals surface area contributed by atoms with Crippen molar-refractivity contribution in [3.05, 3.63) is 29.8 Å². The maximum absolute atomic E-state index is 11.5. The van der Waals surface area contributed by atoms with Crippen molar-refractivity contribution in [2.24, 2.45) is 0 Å². The summed E-state index contributed by atoms with van der Waals surface area (Å²) in [6.45, 7) is 5.37. The summed E-state index contributed by atoms with van der Waals surface area (Å²) >= 11 is 0. The van der Waals surface area contributed by atoms with Gasteiger partial charge in [-0.2, -0.15) is 4.89 Å². The van der Waals surface area contributed by atoms with Crippen LogP contribution in [0.15, 0.2) is 24.3 Å². The smallest absolute Gasteiger partial charge is 0.365 e. The molecule has 5 nitrogen and oxygen atoms in total. The van der Waals surface area contributed by atoms with Crippen LogP contribution in [0, 0.1) is 0 Å². The predicted molar refractivity (Wildman–Crippen MR) is 75.5 cm³/mol. The Morgan fingerprint density at radius 3 is 2.30 bits per heavy atom. The van der Waals surface area contributed by atoms with Gasteiger partial charge in [0.05, 0.1) is 14.2 Å². The molecule has 20 heavy (non-hydrogen) atoms. The number of rotatable bonds is 5. The Hall–Kier alpha value is -2.01. The van der Waals surface area contributed by atoms with E-state index in [0.29, 0.717) is 11.5 Å². The average molecular weight is 280 g/mol. The Morgan fingerprint density at radius 2 is 1.75 bits per heavy atom. The van der Waals surface area contributed by atoms with Gasteiger partial charge < -0.3 is 9.47 Å². The van der Waals surface area contributed by atoms with E-state index in [9.17, 15) is 4.79 Å². The molecular weight excluding hydrogens is 260 g/mol. The van der Waals surface area contributed by atoms with Crippen molar-refractivity contribution in [1.29, 1.82) is 0 Å². The monoisotopic (exact) mass is 280 g/mol. The largest absolute Gasteiger partial charge is 0.493 e. The molecule has 0 aromatic heterocycles. The molecule has 0 radical (unpaired) electrons. The van der Waals surface area contributed by atoms with E-state index in [1.165, 1.54) is 6.08 Å². The number of benzene rings is 1. The Balaban J connectivity index is 2.68. The molecular formula is C15H20O5. The van der Waals surface area contributed by atoms with E-state index >= 15 is 0 Å². The lowest BCUT2D eigenvalue weighted by Gasteiger charge is -2.15. The highest BCUT2D eigenvalue weighted by Crippen LogP contribution is 2.27. The van der Waals surface area contributed by atoms with E-state index in [2.05, 4.69) is 4.89 Å². The van der Waals surface area contributed by atoms with Crippen molar-refractivity contribution in [1.82, 2.24) is 0 Å². The first-order valence-electron chi connectivity index (χ1n) is 6.15. The summed E-state index contributed by atoms with van der Waals surface area (Å²) < 4.78 is 10.3. The van der Waals surface area contributed by atoms with Gasteiger partial charge in [-0.3, -0.25) is 4.89 Å². The standard InChI is InChI=1S/C15H20O5/c1-15(2,3)20-19-14(16)9-7-11-6-8-12(17-4)13(10-11)18-5/h6-10H,1-5H3/b9-7+. The predicted octanol–water partition coefficient (Wildman–Crippen LogP) is 2.99. The van der Waals surface area contributed by atoms with E-state index in [1.807, 2.05) is 0 Å². The van der Waals surface area contributed by atoms with Crippen molar-refractivity contribution in [3.63, 3.8) is 0 Å². The van der Waals surface area contributed by atoms with Crippen LogP contribution in [0.25, 0.3) is 6.08 Å². The SMILES string of the molecule is COc1ccc(/C=C/C(=O)OOC(C)(C)C)cc1OC. The van der Waals surface area contributed by atoms with Gasteiger partial charge >= 0.3 is 5.97 Å². The highest BCUT2D eigenvalue weighted by atomic mass is 17.2. The fraction of sp³-hybridized carbons (Fsp3) is 0.400. The van der Waals surface area contributed by atoms with E-state index < -0.39 is 11.6 Å². The molecule has 1 aromatic carbocycles. The zero-order valence-electron chi connectivity index (χ0n) is 12.4. The number of carbonyl (C=O) groups is 1. The molecule has 0 N–H and O–H groups in total. The minimum atomic E-state index is -0.574. The Labute approximate surface area is 119 Å². The van der Waals surface area contributed by atoms with Gasteiger partial charge in [-0.1, -0.05) is 6.07 Å². The van der Waals surface area contributed by atoms with E-state index in [1.54, 1.807) is 59.3 Å². The molecule has 0 saturated carbocycles. The lowest BCUT2D eigenvalue weighted by atomic mass is 10.2. The number of carbonyl (C=O) groups excluding carboxylic acids is 1. The van der Waals surface area contributed by atoms with Gasteiger partial charge in [0.1, 0.15) is 5.60 Å². The summed E-state index contributed by atoms with van der Waals surface area (Å²) in [4.78, 5) is 21.0. The third-order valence-electron chi connectivity index (χ3n) is 2.19. The number of methoxy groups -OCH3 is 2. The first kappa shape index (κ1) is 16.0. The Kier molecular flexibility index (Phi) is 5.58. The van der Waals surface area contributed by atoms with Crippen molar-refractivity contribution >= 4 is 12.0 Å². The van der Waals surface area contributed by atoms with Gasteiger partial charge in [-0.05, 0) is 44.5 Å². The molecule has 1 aromatic rings. The van der Waals surface area contributed by atoms with Crippen LogP contribution in [0.3, 0.4) is 0 Å². The average Bonchev–Trinajstić information content (AvgIpc) is 2.41. The normalized spacial score (nSPS) is 11.4. The maximum atomic E-state index is 11.5. The first-order valence-corrected chi connectivity index (χ1v) is 6.15. The lowest BCUT2D eigenvalue weighted by molar-refractivity contribution is -0.316. The zero-order valence-corrected chi connectivity index (χ0v) is 12.4. The minimum absolute atomic E-state index is 0.535. The van der Waals surface area contributed by atoms with Crippen LogP contribution in [-0.2, 0) is 14.6 Å². The third kappa shape index (κ3) is 5.32. The summed E-state index contributed by atoms with van der Waals surface area (Å²) in [5, 5.41) is 0. The summed E-state index contributed by atoms with van der Waals surface area (Å²) in [6.07, 6.45) is 2.89. The van der Waals surface area contributed by atoms with Crippen LogP contribution < -0.4 is 9.47 Å². The summed E-state index contributed by atoms with van der Waals surface area (Å²) in [5.74, 6) is 0.645. The molecule has 0 unspecified atom stereocenters. The van der Waals surface area contributed by atoms with Crippen molar-refractivity contribution in [2.75, 3.05) is 14.2 Å².